The van der Waals surface area contributed by atoms with Crippen molar-refractivity contribution in [3.05, 3.63) is 58.4 Å². The molecule has 3 rings (SSSR count). The molecule has 0 aliphatic carbocycles. The predicted molar refractivity (Wildman–Crippen MR) is 104 cm³/mol. The number of hydrogen-bond acceptors (Lipinski definition) is 3. The van der Waals surface area contributed by atoms with Crippen LogP contribution in [0.4, 0.5) is 0 Å². The van der Waals surface area contributed by atoms with E-state index in [9.17, 15) is 0 Å². The second kappa shape index (κ2) is 6.48. The standard InChI is InChI=1S/C20H23N3OS/c1-13-6-11-17(24-5)16(12-13)23-18(21-22-19(23)25)14-7-9-15(10-8-14)20(2,3)4/h6-12H,1-5H3,(H,22,25). The number of nitrogens with one attached hydrogen (secondary N) is 1. The van der Waals surface area contributed by atoms with Gasteiger partial charge in [0.1, 0.15) is 5.75 Å². The van der Waals surface area contributed by atoms with Crippen molar-refractivity contribution in [2.24, 2.45) is 0 Å². The number of H-pyrrole nitrogens is 1. The first-order valence-electron chi connectivity index (χ1n) is 8.24. The van der Waals surface area contributed by atoms with Crippen LogP contribution in [0.1, 0.15) is 31.9 Å². The first-order chi connectivity index (χ1) is 11.8. The zero-order valence-corrected chi connectivity index (χ0v) is 16.1. The highest BCUT2D eigenvalue weighted by molar-refractivity contribution is 7.71. The quantitative estimate of drug-likeness (QED) is 0.657. The molecule has 1 heterocycles. The monoisotopic (exact) mass is 353 g/mol. The molecule has 0 aliphatic rings. The minimum atomic E-state index is 0.114. The highest BCUT2D eigenvalue weighted by atomic mass is 32.1. The number of nitrogens with zero attached hydrogens (tertiary/aromatic N) is 2. The Bertz CT molecular complexity index is 946. The number of benzene rings is 2. The summed E-state index contributed by atoms with van der Waals surface area (Å²) in [7, 11) is 1.66. The molecule has 0 atom stereocenters. The van der Waals surface area contributed by atoms with Crippen LogP contribution in [0, 0.1) is 11.7 Å². The van der Waals surface area contributed by atoms with E-state index >= 15 is 0 Å². The number of methoxy groups -OCH3 is 1. The lowest BCUT2D eigenvalue weighted by Crippen LogP contribution is -2.10. The van der Waals surface area contributed by atoms with Gasteiger partial charge in [-0.15, -0.1) is 0 Å². The Hall–Kier alpha value is -2.40. The maximum Gasteiger partial charge on any atom is 0.200 e. The molecule has 0 saturated heterocycles. The molecule has 5 heteroatoms. The molecule has 1 aromatic heterocycles. The van der Waals surface area contributed by atoms with Crippen LogP contribution in [0.3, 0.4) is 0 Å². The van der Waals surface area contributed by atoms with Crippen molar-refractivity contribution < 1.29 is 4.74 Å². The number of hydrogen-bond donors (Lipinski definition) is 1. The third-order valence-electron chi connectivity index (χ3n) is 4.26. The summed E-state index contributed by atoms with van der Waals surface area (Å²) in [5.41, 5.74) is 4.42. The minimum absolute atomic E-state index is 0.114. The van der Waals surface area contributed by atoms with Crippen molar-refractivity contribution in [3.63, 3.8) is 0 Å². The summed E-state index contributed by atoms with van der Waals surface area (Å²) in [6, 6.07) is 14.5. The number of ether oxygens (including phenoxy) is 1. The van der Waals surface area contributed by atoms with Crippen LogP contribution >= 0.6 is 12.2 Å². The van der Waals surface area contributed by atoms with E-state index in [1.807, 2.05) is 23.6 Å². The van der Waals surface area contributed by atoms with Crippen LogP contribution in [-0.4, -0.2) is 21.9 Å². The zero-order valence-electron chi connectivity index (χ0n) is 15.3. The molecule has 2 aromatic carbocycles. The van der Waals surface area contributed by atoms with Crippen molar-refractivity contribution in [2.75, 3.05) is 7.11 Å². The first kappa shape index (κ1) is 17.4. The lowest BCUT2D eigenvalue weighted by molar-refractivity contribution is 0.412. The maximum atomic E-state index is 5.53. The average molecular weight is 353 g/mol. The van der Waals surface area contributed by atoms with Crippen LogP contribution < -0.4 is 4.74 Å². The fourth-order valence-corrected chi connectivity index (χ4v) is 3.04. The van der Waals surface area contributed by atoms with Gasteiger partial charge >= 0.3 is 0 Å². The predicted octanol–water partition coefficient (Wildman–Crippen LogP) is 5.21. The molecule has 0 amide bonds. The SMILES string of the molecule is COc1ccc(C)cc1-n1c(-c2ccc(C(C)(C)C)cc2)n[nH]c1=S. The Morgan fingerprint density at radius 2 is 1.76 bits per heavy atom. The van der Waals surface area contributed by atoms with Crippen LogP contribution in [0.5, 0.6) is 5.75 Å². The van der Waals surface area contributed by atoms with Gasteiger partial charge in [0.15, 0.2) is 10.6 Å². The van der Waals surface area contributed by atoms with Gasteiger partial charge in [-0.2, -0.15) is 5.10 Å². The van der Waals surface area contributed by atoms with Crippen molar-refractivity contribution in [1.82, 2.24) is 14.8 Å². The lowest BCUT2D eigenvalue weighted by Gasteiger charge is -2.19. The molecule has 0 aliphatic heterocycles. The molecule has 4 nitrogen and oxygen atoms in total. The molecule has 0 bridgehead atoms. The van der Waals surface area contributed by atoms with E-state index in [2.05, 4.69) is 61.3 Å². The molecule has 0 unspecified atom stereocenters. The zero-order chi connectivity index (χ0) is 18.2. The Balaban J connectivity index is 2.16. The van der Waals surface area contributed by atoms with Gasteiger partial charge in [-0.1, -0.05) is 51.1 Å². The van der Waals surface area contributed by atoms with Gasteiger partial charge < -0.3 is 4.74 Å². The summed E-state index contributed by atoms with van der Waals surface area (Å²) in [6.07, 6.45) is 0. The van der Waals surface area contributed by atoms with Gasteiger partial charge in [-0.25, -0.2) is 0 Å². The molecule has 3 aromatic rings. The molecule has 25 heavy (non-hydrogen) atoms. The fourth-order valence-electron chi connectivity index (χ4n) is 2.81. The number of rotatable bonds is 3. The summed E-state index contributed by atoms with van der Waals surface area (Å²) in [4.78, 5) is 0. The van der Waals surface area contributed by atoms with Gasteiger partial charge in [0.05, 0.1) is 12.8 Å². The highest BCUT2D eigenvalue weighted by Gasteiger charge is 2.17. The highest BCUT2D eigenvalue weighted by Crippen LogP contribution is 2.30. The topological polar surface area (TPSA) is 42.8 Å². The van der Waals surface area contributed by atoms with Crippen molar-refractivity contribution in [2.45, 2.75) is 33.1 Å². The summed E-state index contributed by atoms with van der Waals surface area (Å²) in [5, 5.41) is 7.36. The number of aromatic nitrogens is 3. The van der Waals surface area contributed by atoms with Crippen LogP contribution in [-0.2, 0) is 5.41 Å². The summed E-state index contributed by atoms with van der Waals surface area (Å²) < 4.78 is 7.99. The average Bonchev–Trinajstić information content (AvgIpc) is 2.95. The van der Waals surface area contributed by atoms with Crippen LogP contribution in [0.2, 0.25) is 0 Å². The van der Waals surface area contributed by atoms with E-state index in [-0.39, 0.29) is 5.41 Å². The van der Waals surface area contributed by atoms with Crippen molar-refractivity contribution >= 4 is 12.2 Å². The second-order valence-corrected chi connectivity index (χ2v) is 7.58. The van der Waals surface area contributed by atoms with Gasteiger partial charge in [-0.3, -0.25) is 9.67 Å². The molecule has 0 radical (unpaired) electrons. The van der Waals surface area contributed by atoms with E-state index in [0.29, 0.717) is 4.77 Å². The second-order valence-electron chi connectivity index (χ2n) is 7.19. The third-order valence-corrected chi connectivity index (χ3v) is 4.53. The van der Waals surface area contributed by atoms with E-state index < -0.39 is 0 Å². The molecule has 0 spiro atoms. The van der Waals surface area contributed by atoms with E-state index in [1.165, 1.54) is 5.56 Å². The summed E-state index contributed by atoms with van der Waals surface area (Å²) in [6.45, 7) is 8.66. The third kappa shape index (κ3) is 3.37. The Morgan fingerprint density at radius 3 is 2.36 bits per heavy atom. The normalized spacial score (nSPS) is 11.6. The first-order valence-corrected chi connectivity index (χ1v) is 8.65. The maximum absolute atomic E-state index is 5.53. The lowest BCUT2D eigenvalue weighted by atomic mass is 9.87. The summed E-state index contributed by atoms with van der Waals surface area (Å²) >= 11 is 5.48. The molecular weight excluding hydrogens is 330 g/mol. The number of aromatic amines is 1. The summed E-state index contributed by atoms with van der Waals surface area (Å²) in [5.74, 6) is 1.53. The van der Waals surface area contributed by atoms with Gasteiger partial charge in [0.2, 0.25) is 0 Å². The largest absolute Gasteiger partial charge is 0.495 e. The fraction of sp³-hybridized carbons (Fsp3) is 0.300. The molecule has 130 valence electrons. The number of aryl methyl sites for hydroxylation is 1. The van der Waals surface area contributed by atoms with Crippen molar-refractivity contribution in [1.29, 1.82) is 0 Å². The Morgan fingerprint density at radius 1 is 1.08 bits per heavy atom. The Labute approximate surface area is 153 Å². The van der Waals surface area contributed by atoms with E-state index in [4.69, 9.17) is 17.0 Å². The van der Waals surface area contributed by atoms with E-state index in [0.717, 1.165) is 28.4 Å². The van der Waals surface area contributed by atoms with Gasteiger partial charge in [0, 0.05) is 5.56 Å². The van der Waals surface area contributed by atoms with Crippen LogP contribution in [0.25, 0.3) is 17.1 Å². The molecule has 0 saturated carbocycles. The molecule has 0 fully saturated rings. The van der Waals surface area contributed by atoms with Crippen LogP contribution in [0.15, 0.2) is 42.5 Å². The minimum Gasteiger partial charge on any atom is -0.495 e. The molecular formula is C20H23N3OS. The molecule has 1 N–H and O–H groups in total. The van der Waals surface area contributed by atoms with Crippen molar-refractivity contribution in [3.8, 4) is 22.8 Å². The van der Waals surface area contributed by atoms with Gasteiger partial charge in [-0.05, 0) is 47.8 Å². The Kier molecular flexibility index (Phi) is 4.52. The van der Waals surface area contributed by atoms with Gasteiger partial charge in [0.25, 0.3) is 0 Å². The smallest absolute Gasteiger partial charge is 0.200 e. The van der Waals surface area contributed by atoms with E-state index in [1.54, 1.807) is 7.11 Å².